The maximum absolute atomic E-state index is 5.67. The molecule has 3 heteroatoms. The number of rotatable bonds is 6. The van der Waals surface area contributed by atoms with Crippen molar-refractivity contribution in [3.8, 4) is 11.3 Å². The fraction of sp³-hybridized carbons (Fsp3) is 0.438. The van der Waals surface area contributed by atoms with Gasteiger partial charge in [0.2, 0.25) is 0 Å². The van der Waals surface area contributed by atoms with Crippen LogP contribution in [0.25, 0.3) is 11.3 Å². The lowest BCUT2D eigenvalue weighted by molar-refractivity contribution is 0.795. The number of unbranched alkanes of at least 4 members (excludes halogenated alkanes) is 1. The molecule has 102 valence electrons. The Balaban J connectivity index is 2.21. The van der Waals surface area contributed by atoms with E-state index in [0.717, 1.165) is 17.1 Å². The van der Waals surface area contributed by atoms with Crippen LogP contribution in [0, 0.1) is 6.92 Å². The van der Waals surface area contributed by atoms with Crippen molar-refractivity contribution in [2.75, 3.05) is 6.54 Å². The fourth-order valence-corrected chi connectivity index (χ4v) is 3.18. The van der Waals surface area contributed by atoms with Crippen molar-refractivity contribution in [3.05, 3.63) is 39.7 Å². The molecule has 0 unspecified atom stereocenters. The number of aryl methyl sites for hydroxylation is 2. The van der Waals surface area contributed by atoms with Gasteiger partial charge >= 0.3 is 0 Å². The zero-order valence-corrected chi connectivity index (χ0v) is 12.6. The molecule has 0 radical (unpaired) electrons. The van der Waals surface area contributed by atoms with Crippen LogP contribution in [0.3, 0.4) is 0 Å². The van der Waals surface area contributed by atoms with Gasteiger partial charge in [0.15, 0.2) is 0 Å². The number of benzene rings is 1. The van der Waals surface area contributed by atoms with E-state index in [9.17, 15) is 0 Å². The van der Waals surface area contributed by atoms with Gasteiger partial charge in [-0.05, 0) is 38.3 Å². The van der Waals surface area contributed by atoms with Crippen molar-refractivity contribution in [1.82, 2.24) is 4.98 Å². The fourth-order valence-electron chi connectivity index (χ4n) is 2.21. The molecule has 0 aliphatic heterocycles. The Kier molecular flexibility index (Phi) is 5.11. The maximum Gasteiger partial charge on any atom is 0.0904 e. The summed E-state index contributed by atoms with van der Waals surface area (Å²) in [5, 5.41) is 1.12. The molecule has 0 aliphatic rings. The summed E-state index contributed by atoms with van der Waals surface area (Å²) in [6, 6.07) is 8.84. The summed E-state index contributed by atoms with van der Waals surface area (Å²) in [6.45, 7) is 4.97. The lowest BCUT2D eigenvalue weighted by atomic mass is 10.0. The Morgan fingerprint density at radius 3 is 2.53 bits per heavy atom. The van der Waals surface area contributed by atoms with Crippen molar-refractivity contribution in [2.45, 2.75) is 39.5 Å². The molecule has 1 aromatic heterocycles. The molecular formula is C16H22N2S. The van der Waals surface area contributed by atoms with Crippen molar-refractivity contribution in [2.24, 2.45) is 5.73 Å². The summed E-state index contributed by atoms with van der Waals surface area (Å²) in [4.78, 5) is 5.96. The molecule has 0 fully saturated rings. The Bertz CT molecular complexity index is 514. The number of hydrogen-bond acceptors (Lipinski definition) is 3. The highest BCUT2D eigenvalue weighted by molar-refractivity contribution is 7.12. The predicted octanol–water partition coefficient (Wildman–Crippen LogP) is 3.96. The van der Waals surface area contributed by atoms with Crippen LogP contribution in [0.15, 0.2) is 24.3 Å². The molecule has 0 saturated carbocycles. The minimum absolute atomic E-state index is 0.684. The Hall–Kier alpha value is -1.19. The van der Waals surface area contributed by atoms with Crippen LogP contribution >= 0.6 is 11.3 Å². The number of aromatic nitrogens is 1. The van der Waals surface area contributed by atoms with E-state index >= 15 is 0 Å². The molecular weight excluding hydrogens is 252 g/mol. The van der Waals surface area contributed by atoms with Crippen LogP contribution in [-0.4, -0.2) is 11.5 Å². The first-order chi connectivity index (χ1) is 9.24. The molecule has 0 spiro atoms. The summed E-state index contributed by atoms with van der Waals surface area (Å²) in [7, 11) is 0. The second-order valence-electron chi connectivity index (χ2n) is 4.84. The zero-order valence-electron chi connectivity index (χ0n) is 11.8. The van der Waals surface area contributed by atoms with E-state index in [2.05, 4.69) is 43.1 Å². The normalized spacial score (nSPS) is 10.9. The van der Waals surface area contributed by atoms with E-state index in [-0.39, 0.29) is 0 Å². The SMILES string of the molecule is CCCCc1ccc(-c2nc(C)sc2CCN)cc1. The summed E-state index contributed by atoms with van der Waals surface area (Å²) in [5.41, 5.74) is 9.43. The highest BCUT2D eigenvalue weighted by Crippen LogP contribution is 2.28. The standard InChI is InChI=1S/C16H22N2S/c1-3-4-5-13-6-8-14(9-7-13)16-15(10-11-17)19-12(2)18-16/h6-9H,3-5,10-11,17H2,1-2H3. The van der Waals surface area contributed by atoms with Crippen molar-refractivity contribution in [3.63, 3.8) is 0 Å². The number of nitrogens with zero attached hydrogens (tertiary/aromatic N) is 1. The van der Waals surface area contributed by atoms with Gasteiger partial charge in [0, 0.05) is 10.4 Å². The molecule has 0 amide bonds. The molecule has 1 heterocycles. The minimum atomic E-state index is 0.684. The van der Waals surface area contributed by atoms with Gasteiger partial charge in [-0.2, -0.15) is 0 Å². The Morgan fingerprint density at radius 2 is 1.89 bits per heavy atom. The summed E-state index contributed by atoms with van der Waals surface area (Å²) < 4.78 is 0. The van der Waals surface area contributed by atoms with Crippen molar-refractivity contribution >= 4 is 11.3 Å². The van der Waals surface area contributed by atoms with E-state index in [4.69, 9.17) is 5.73 Å². The Morgan fingerprint density at radius 1 is 1.16 bits per heavy atom. The average molecular weight is 274 g/mol. The lowest BCUT2D eigenvalue weighted by Crippen LogP contribution is -2.02. The molecule has 1 aromatic carbocycles. The van der Waals surface area contributed by atoms with Crippen LogP contribution in [0.1, 0.15) is 35.2 Å². The summed E-state index contributed by atoms with van der Waals surface area (Å²) in [5.74, 6) is 0. The third kappa shape index (κ3) is 3.64. The smallest absolute Gasteiger partial charge is 0.0904 e. The van der Waals surface area contributed by atoms with Gasteiger partial charge in [-0.3, -0.25) is 0 Å². The third-order valence-corrected chi connectivity index (χ3v) is 4.25. The molecule has 0 atom stereocenters. The first kappa shape index (κ1) is 14.2. The van der Waals surface area contributed by atoms with Gasteiger partial charge in [0.05, 0.1) is 10.7 Å². The van der Waals surface area contributed by atoms with Gasteiger partial charge in [0.25, 0.3) is 0 Å². The maximum atomic E-state index is 5.67. The van der Waals surface area contributed by atoms with Crippen LogP contribution in [0.2, 0.25) is 0 Å². The molecule has 2 N–H and O–H groups in total. The molecule has 0 saturated heterocycles. The number of nitrogens with two attached hydrogens (primary N) is 1. The van der Waals surface area contributed by atoms with E-state index in [0.29, 0.717) is 6.54 Å². The highest BCUT2D eigenvalue weighted by atomic mass is 32.1. The van der Waals surface area contributed by atoms with Crippen molar-refractivity contribution < 1.29 is 0 Å². The summed E-state index contributed by atoms with van der Waals surface area (Å²) in [6.07, 6.45) is 4.59. The van der Waals surface area contributed by atoms with Gasteiger partial charge in [-0.15, -0.1) is 11.3 Å². The summed E-state index contributed by atoms with van der Waals surface area (Å²) >= 11 is 1.76. The van der Waals surface area contributed by atoms with Gasteiger partial charge in [-0.1, -0.05) is 37.6 Å². The Labute approximate surface area is 119 Å². The van der Waals surface area contributed by atoms with E-state index in [1.807, 2.05) is 0 Å². The van der Waals surface area contributed by atoms with Gasteiger partial charge in [0.1, 0.15) is 0 Å². The van der Waals surface area contributed by atoms with Gasteiger partial charge in [-0.25, -0.2) is 4.98 Å². The second kappa shape index (κ2) is 6.83. The first-order valence-electron chi connectivity index (χ1n) is 7.00. The second-order valence-corrected chi connectivity index (χ2v) is 6.13. The van der Waals surface area contributed by atoms with E-state index in [1.165, 1.54) is 35.3 Å². The quantitative estimate of drug-likeness (QED) is 0.866. The van der Waals surface area contributed by atoms with E-state index in [1.54, 1.807) is 11.3 Å². The third-order valence-electron chi connectivity index (χ3n) is 3.22. The zero-order chi connectivity index (χ0) is 13.7. The van der Waals surface area contributed by atoms with Crippen LogP contribution in [0.5, 0.6) is 0 Å². The topological polar surface area (TPSA) is 38.9 Å². The molecule has 2 rings (SSSR count). The van der Waals surface area contributed by atoms with Crippen LogP contribution in [-0.2, 0) is 12.8 Å². The molecule has 2 nitrogen and oxygen atoms in total. The minimum Gasteiger partial charge on any atom is -0.330 e. The largest absolute Gasteiger partial charge is 0.330 e. The molecule has 2 aromatic rings. The van der Waals surface area contributed by atoms with Crippen molar-refractivity contribution in [1.29, 1.82) is 0 Å². The van der Waals surface area contributed by atoms with Crippen LogP contribution in [0.4, 0.5) is 0 Å². The molecule has 0 bridgehead atoms. The predicted molar refractivity (Wildman–Crippen MR) is 83.7 cm³/mol. The molecule has 19 heavy (non-hydrogen) atoms. The van der Waals surface area contributed by atoms with E-state index < -0.39 is 0 Å². The number of hydrogen-bond donors (Lipinski definition) is 1. The average Bonchev–Trinajstić information content (AvgIpc) is 2.78. The number of thiazole rings is 1. The molecule has 0 aliphatic carbocycles. The highest BCUT2D eigenvalue weighted by Gasteiger charge is 2.10. The first-order valence-corrected chi connectivity index (χ1v) is 7.82. The van der Waals surface area contributed by atoms with Gasteiger partial charge < -0.3 is 5.73 Å². The van der Waals surface area contributed by atoms with Crippen LogP contribution < -0.4 is 5.73 Å². The monoisotopic (exact) mass is 274 g/mol. The lowest BCUT2D eigenvalue weighted by Gasteiger charge is -2.04.